The van der Waals surface area contributed by atoms with Gasteiger partial charge in [0.05, 0.1) is 12.2 Å². The summed E-state index contributed by atoms with van der Waals surface area (Å²) in [5.41, 5.74) is 5.87. The molecule has 0 saturated heterocycles. The van der Waals surface area contributed by atoms with E-state index < -0.39 is 10.0 Å². The Balaban J connectivity index is 2.14. The van der Waals surface area contributed by atoms with Crippen molar-refractivity contribution in [1.29, 1.82) is 0 Å². The lowest BCUT2D eigenvalue weighted by Crippen LogP contribution is -2.36. The molecule has 7 nitrogen and oxygen atoms in total. The van der Waals surface area contributed by atoms with Gasteiger partial charge in [-0.05, 0) is 25.1 Å². The second-order valence-corrected chi connectivity index (χ2v) is 6.09. The summed E-state index contributed by atoms with van der Waals surface area (Å²) < 4.78 is 28.9. The Kier molecular flexibility index (Phi) is 4.48. The number of nitrogens with two attached hydrogens (primary N) is 1. The van der Waals surface area contributed by atoms with Crippen LogP contribution in [0.4, 0.5) is 0 Å². The molecule has 2 aromatic rings. The minimum atomic E-state index is -3.64. The lowest BCUT2D eigenvalue weighted by atomic mass is 10.3. The summed E-state index contributed by atoms with van der Waals surface area (Å²) in [5, 5.41) is 4.04. The summed E-state index contributed by atoms with van der Waals surface area (Å²) in [7, 11) is -3.64. The van der Waals surface area contributed by atoms with Crippen LogP contribution in [0.15, 0.2) is 41.7 Å². The Bertz CT molecular complexity index is 654. The van der Waals surface area contributed by atoms with Gasteiger partial charge in [-0.15, -0.1) is 0 Å². The summed E-state index contributed by atoms with van der Waals surface area (Å²) in [6.07, 6.45) is 4.95. The second-order valence-electron chi connectivity index (χ2n) is 4.40. The van der Waals surface area contributed by atoms with Crippen molar-refractivity contribution >= 4 is 10.0 Å². The molecular formula is C12H17N5O2S. The molecule has 0 aliphatic rings. The zero-order valence-corrected chi connectivity index (χ0v) is 11.9. The summed E-state index contributed by atoms with van der Waals surface area (Å²) in [5.74, 6) is 0. The van der Waals surface area contributed by atoms with E-state index in [1.165, 1.54) is 12.3 Å². The van der Waals surface area contributed by atoms with E-state index in [4.69, 9.17) is 5.73 Å². The Morgan fingerprint density at radius 2 is 2.20 bits per heavy atom. The molecule has 0 radical (unpaired) electrons. The average molecular weight is 295 g/mol. The fourth-order valence-corrected chi connectivity index (χ4v) is 3.31. The first-order valence-electron chi connectivity index (χ1n) is 6.16. The number of pyridine rings is 1. The van der Waals surface area contributed by atoms with Gasteiger partial charge in [-0.1, -0.05) is 0 Å². The van der Waals surface area contributed by atoms with Crippen molar-refractivity contribution < 1.29 is 8.42 Å². The van der Waals surface area contributed by atoms with Gasteiger partial charge in [-0.25, -0.2) is 13.1 Å². The van der Waals surface area contributed by atoms with E-state index in [9.17, 15) is 8.42 Å². The van der Waals surface area contributed by atoms with Gasteiger partial charge >= 0.3 is 0 Å². The van der Waals surface area contributed by atoms with Crippen molar-refractivity contribution in [3.8, 4) is 0 Å². The number of hydrogen-bond donors (Lipinski definition) is 2. The molecule has 1 atom stereocenters. The summed E-state index contributed by atoms with van der Waals surface area (Å²) in [6, 6.07) is 4.56. The van der Waals surface area contributed by atoms with Gasteiger partial charge in [0.2, 0.25) is 10.0 Å². The van der Waals surface area contributed by atoms with Gasteiger partial charge in [-0.3, -0.25) is 9.67 Å². The number of nitrogens with zero attached hydrogens (tertiary/aromatic N) is 3. The number of nitrogens with one attached hydrogen (secondary N) is 1. The molecule has 0 fully saturated rings. The van der Waals surface area contributed by atoms with Crippen LogP contribution in [-0.4, -0.2) is 29.2 Å². The molecule has 0 spiro atoms. The van der Waals surface area contributed by atoms with E-state index in [-0.39, 0.29) is 17.5 Å². The number of rotatable bonds is 6. The molecule has 0 bridgehead atoms. The number of sulfonamides is 1. The first-order valence-corrected chi connectivity index (χ1v) is 7.65. The molecule has 0 aromatic carbocycles. The predicted octanol–water partition coefficient (Wildman–Crippen LogP) is 0.104. The van der Waals surface area contributed by atoms with Crippen molar-refractivity contribution in [3.63, 3.8) is 0 Å². The summed E-state index contributed by atoms with van der Waals surface area (Å²) >= 11 is 0. The van der Waals surface area contributed by atoms with Gasteiger partial charge < -0.3 is 5.73 Å². The largest absolute Gasteiger partial charge is 0.325 e. The molecule has 8 heteroatoms. The highest BCUT2D eigenvalue weighted by Crippen LogP contribution is 2.13. The quantitative estimate of drug-likeness (QED) is 0.787. The van der Waals surface area contributed by atoms with Crippen LogP contribution in [0.2, 0.25) is 0 Å². The van der Waals surface area contributed by atoms with E-state index in [0.717, 1.165) is 0 Å². The van der Waals surface area contributed by atoms with Crippen LogP contribution in [0, 0.1) is 0 Å². The predicted molar refractivity (Wildman–Crippen MR) is 74.1 cm³/mol. The Labute approximate surface area is 117 Å². The van der Waals surface area contributed by atoms with Crippen molar-refractivity contribution in [2.24, 2.45) is 5.73 Å². The minimum Gasteiger partial charge on any atom is -0.325 e. The maximum atomic E-state index is 12.3. The average Bonchev–Trinajstić information content (AvgIpc) is 2.90. The Morgan fingerprint density at radius 3 is 2.85 bits per heavy atom. The summed E-state index contributed by atoms with van der Waals surface area (Å²) in [4.78, 5) is 4.10. The highest BCUT2D eigenvalue weighted by molar-refractivity contribution is 7.89. The van der Waals surface area contributed by atoms with E-state index in [0.29, 0.717) is 12.2 Å². The molecule has 108 valence electrons. The topological polar surface area (TPSA) is 103 Å². The molecule has 20 heavy (non-hydrogen) atoms. The first-order chi connectivity index (χ1) is 9.53. The van der Waals surface area contributed by atoms with Gasteiger partial charge in [0, 0.05) is 31.2 Å². The maximum absolute atomic E-state index is 12.3. The molecular weight excluding hydrogens is 278 g/mol. The van der Waals surface area contributed by atoms with Crippen LogP contribution >= 0.6 is 0 Å². The third-order valence-electron chi connectivity index (χ3n) is 2.71. The normalized spacial score (nSPS) is 13.3. The Hall–Kier alpha value is -1.77. The number of hydrogen-bond acceptors (Lipinski definition) is 5. The molecule has 2 heterocycles. The van der Waals surface area contributed by atoms with Gasteiger partial charge in [-0.2, -0.15) is 5.10 Å². The smallest absolute Gasteiger partial charge is 0.242 e. The standard InChI is InChI=1S/C12H17N5O2S/c1-10(9-17-7-3-6-15-17)16-20(18,19)12-4-2-5-14-11(12)8-13/h2-7,10,16H,8-9,13H2,1H3. The molecule has 0 aliphatic heterocycles. The third-order valence-corrected chi connectivity index (χ3v) is 4.37. The highest BCUT2D eigenvalue weighted by atomic mass is 32.2. The van der Waals surface area contributed by atoms with E-state index in [1.807, 2.05) is 0 Å². The summed E-state index contributed by atoms with van der Waals surface area (Å²) in [6.45, 7) is 2.30. The lowest BCUT2D eigenvalue weighted by Gasteiger charge is -2.15. The third kappa shape index (κ3) is 3.41. The van der Waals surface area contributed by atoms with Crippen LogP contribution in [0.3, 0.4) is 0 Å². The van der Waals surface area contributed by atoms with E-state index in [2.05, 4.69) is 14.8 Å². The first kappa shape index (κ1) is 14.6. The molecule has 1 unspecified atom stereocenters. The maximum Gasteiger partial charge on any atom is 0.242 e. The second kappa shape index (κ2) is 6.12. The molecule has 0 saturated carbocycles. The number of aromatic nitrogens is 3. The van der Waals surface area contributed by atoms with Crippen molar-refractivity contribution in [2.75, 3.05) is 0 Å². The SMILES string of the molecule is CC(Cn1cccn1)NS(=O)(=O)c1cccnc1CN. The van der Waals surface area contributed by atoms with Crippen LogP contribution in [0.25, 0.3) is 0 Å². The Morgan fingerprint density at radius 1 is 1.40 bits per heavy atom. The lowest BCUT2D eigenvalue weighted by molar-refractivity contribution is 0.493. The van der Waals surface area contributed by atoms with Crippen LogP contribution < -0.4 is 10.5 Å². The molecule has 2 rings (SSSR count). The van der Waals surface area contributed by atoms with Gasteiger partial charge in [0.25, 0.3) is 0 Å². The fourth-order valence-electron chi connectivity index (χ4n) is 1.88. The van der Waals surface area contributed by atoms with E-state index >= 15 is 0 Å². The van der Waals surface area contributed by atoms with E-state index in [1.54, 1.807) is 36.1 Å². The van der Waals surface area contributed by atoms with Crippen molar-refractivity contribution in [1.82, 2.24) is 19.5 Å². The van der Waals surface area contributed by atoms with Crippen LogP contribution in [0.5, 0.6) is 0 Å². The highest BCUT2D eigenvalue weighted by Gasteiger charge is 2.21. The van der Waals surface area contributed by atoms with Gasteiger partial charge in [0.15, 0.2) is 0 Å². The van der Waals surface area contributed by atoms with Crippen molar-refractivity contribution in [3.05, 3.63) is 42.5 Å². The monoisotopic (exact) mass is 295 g/mol. The van der Waals surface area contributed by atoms with Gasteiger partial charge in [0.1, 0.15) is 4.90 Å². The van der Waals surface area contributed by atoms with Crippen molar-refractivity contribution in [2.45, 2.75) is 31.0 Å². The molecule has 0 aliphatic carbocycles. The fraction of sp³-hybridized carbons (Fsp3) is 0.333. The zero-order valence-electron chi connectivity index (χ0n) is 11.1. The molecule has 0 amide bonds. The molecule has 2 aromatic heterocycles. The zero-order chi connectivity index (χ0) is 14.6. The van der Waals surface area contributed by atoms with Crippen LogP contribution in [0.1, 0.15) is 12.6 Å². The minimum absolute atomic E-state index is 0.0740. The van der Waals surface area contributed by atoms with Crippen LogP contribution in [-0.2, 0) is 23.1 Å². The molecule has 3 N–H and O–H groups in total.